The van der Waals surface area contributed by atoms with Crippen molar-refractivity contribution in [2.45, 2.75) is 46.1 Å². The Labute approximate surface area is 205 Å². The number of para-hydroxylation sites is 1. The number of rotatable bonds is 4. The number of likely N-dealkylation sites (tertiary alicyclic amines) is 1. The molecule has 2 atom stereocenters. The van der Waals surface area contributed by atoms with Crippen LogP contribution < -0.4 is 0 Å². The molecule has 1 amide bonds. The minimum atomic E-state index is -0.533. The number of aromatic nitrogens is 1. The van der Waals surface area contributed by atoms with E-state index in [0.29, 0.717) is 27.2 Å². The number of ether oxygens (including phenoxy) is 1. The van der Waals surface area contributed by atoms with E-state index in [0.717, 1.165) is 31.4 Å². The van der Waals surface area contributed by atoms with Gasteiger partial charge >= 0.3 is 5.97 Å². The number of nitrogens with zero attached hydrogens (tertiary/aromatic N) is 2. The average molecular weight is 477 g/mol. The third-order valence-electron chi connectivity index (χ3n) is 7.15. The zero-order valence-corrected chi connectivity index (χ0v) is 20.6. The second-order valence-corrected chi connectivity index (χ2v) is 11.3. The van der Waals surface area contributed by atoms with Crippen molar-refractivity contribution >= 4 is 34.4 Å². The zero-order valence-electron chi connectivity index (χ0n) is 19.8. The van der Waals surface area contributed by atoms with E-state index in [9.17, 15) is 9.59 Å². The summed E-state index contributed by atoms with van der Waals surface area (Å²) in [7, 11) is 0. The molecule has 1 aliphatic carbocycles. The number of amides is 1. The molecule has 34 heavy (non-hydrogen) atoms. The normalized spacial score (nSPS) is 23.2. The largest absolute Gasteiger partial charge is 0.452 e. The Balaban J connectivity index is 1.38. The summed E-state index contributed by atoms with van der Waals surface area (Å²) in [6.07, 6.45) is 3.11. The molecule has 1 saturated heterocycles. The van der Waals surface area contributed by atoms with Crippen molar-refractivity contribution in [3.05, 3.63) is 65.2 Å². The lowest BCUT2D eigenvalue weighted by Crippen LogP contribution is -2.39. The lowest BCUT2D eigenvalue weighted by atomic mass is 9.65. The first-order valence-corrected chi connectivity index (χ1v) is 12.1. The lowest BCUT2D eigenvalue weighted by molar-refractivity contribution is -0.135. The van der Waals surface area contributed by atoms with Crippen molar-refractivity contribution < 1.29 is 14.3 Å². The van der Waals surface area contributed by atoms with E-state index in [2.05, 4.69) is 20.8 Å². The number of esters is 1. The van der Waals surface area contributed by atoms with Crippen molar-refractivity contribution in [1.82, 2.24) is 9.88 Å². The summed E-state index contributed by atoms with van der Waals surface area (Å²) >= 11 is 6.39. The third-order valence-corrected chi connectivity index (χ3v) is 7.48. The number of benzene rings is 2. The second kappa shape index (κ2) is 8.38. The third kappa shape index (κ3) is 4.29. The molecule has 0 N–H and O–H groups in total. The quantitative estimate of drug-likeness (QED) is 0.424. The van der Waals surface area contributed by atoms with Crippen LogP contribution in [0, 0.1) is 10.8 Å². The fourth-order valence-corrected chi connectivity index (χ4v) is 6.42. The van der Waals surface area contributed by atoms with Gasteiger partial charge in [0.15, 0.2) is 6.61 Å². The first kappa shape index (κ1) is 22.9. The van der Waals surface area contributed by atoms with Gasteiger partial charge in [-0.1, -0.05) is 68.8 Å². The maximum atomic E-state index is 13.2. The van der Waals surface area contributed by atoms with Gasteiger partial charge < -0.3 is 9.64 Å². The molecule has 0 spiro atoms. The fraction of sp³-hybridized carbons (Fsp3) is 0.393. The van der Waals surface area contributed by atoms with E-state index in [-0.39, 0.29) is 29.4 Å². The molecule has 2 aromatic carbocycles. The van der Waals surface area contributed by atoms with E-state index >= 15 is 0 Å². The first-order chi connectivity index (χ1) is 16.1. The van der Waals surface area contributed by atoms with Crippen LogP contribution in [0.15, 0.2) is 54.6 Å². The minimum Gasteiger partial charge on any atom is -0.452 e. The maximum Gasteiger partial charge on any atom is 0.339 e. The van der Waals surface area contributed by atoms with E-state index in [1.54, 1.807) is 12.1 Å². The Bertz CT molecular complexity index is 1290. The molecule has 5 rings (SSSR count). The van der Waals surface area contributed by atoms with Crippen LogP contribution in [0.3, 0.4) is 0 Å². The Hall–Kier alpha value is -2.92. The number of fused-ring (bicyclic) bond motifs is 3. The van der Waals surface area contributed by atoms with Gasteiger partial charge in [0.05, 0.1) is 16.8 Å². The first-order valence-electron chi connectivity index (χ1n) is 11.8. The molecule has 2 bridgehead atoms. The summed E-state index contributed by atoms with van der Waals surface area (Å²) in [4.78, 5) is 32.9. The molecule has 0 unspecified atom stereocenters. The van der Waals surface area contributed by atoms with Crippen LogP contribution in [-0.2, 0) is 9.53 Å². The Morgan fingerprint density at radius 3 is 2.62 bits per heavy atom. The smallest absolute Gasteiger partial charge is 0.339 e. The predicted octanol–water partition coefficient (Wildman–Crippen LogP) is 6.14. The van der Waals surface area contributed by atoms with Crippen LogP contribution in [0.1, 0.15) is 50.4 Å². The number of carbonyl (C=O) groups excluding carboxylic acids is 2. The number of pyridine rings is 1. The minimum absolute atomic E-state index is 0.121. The molecule has 176 valence electrons. The number of hydrogen-bond donors (Lipinski definition) is 0. The van der Waals surface area contributed by atoms with Crippen LogP contribution in [0.25, 0.3) is 22.2 Å². The molecular weight excluding hydrogens is 448 g/mol. The fourth-order valence-electron chi connectivity index (χ4n) is 6.19. The van der Waals surface area contributed by atoms with E-state index < -0.39 is 5.97 Å². The molecule has 1 saturated carbocycles. The summed E-state index contributed by atoms with van der Waals surface area (Å²) in [6, 6.07) is 16.7. The molecule has 2 aliphatic rings. The number of carbonyl (C=O) groups is 2. The molecule has 0 radical (unpaired) electrons. The van der Waals surface area contributed by atoms with Gasteiger partial charge in [-0.25, -0.2) is 9.78 Å². The van der Waals surface area contributed by atoms with Crippen molar-refractivity contribution in [2.75, 3.05) is 13.2 Å². The number of hydrogen-bond acceptors (Lipinski definition) is 4. The SMILES string of the molecule is CC1(C)C[C@@H]2C[C@](C)(CN2C(=O)COC(=O)c2cc(-c3ccccc3Cl)nc3ccccc23)C1. The van der Waals surface area contributed by atoms with Crippen molar-refractivity contribution in [2.24, 2.45) is 10.8 Å². The molecule has 3 aromatic rings. The van der Waals surface area contributed by atoms with E-state index in [1.807, 2.05) is 47.4 Å². The van der Waals surface area contributed by atoms with Gasteiger partial charge in [0.1, 0.15) is 0 Å². The molecule has 1 aliphatic heterocycles. The molecule has 1 aromatic heterocycles. The van der Waals surface area contributed by atoms with Crippen LogP contribution in [0.2, 0.25) is 5.02 Å². The zero-order chi connectivity index (χ0) is 24.1. The Kier molecular flexibility index (Phi) is 5.64. The van der Waals surface area contributed by atoms with Gasteiger partial charge in [-0.3, -0.25) is 4.79 Å². The van der Waals surface area contributed by atoms with E-state index in [4.69, 9.17) is 21.3 Å². The summed E-state index contributed by atoms with van der Waals surface area (Å²) in [5, 5.41) is 1.23. The van der Waals surface area contributed by atoms with Crippen molar-refractivity contribution in [1.29, 1.82) is 0 Å². The van der Waals surface area contributed by atoms with E-state index in [1.165, 1.54) is 0 Å². The van der Waals surface area contributed by atoms with Gasteiger partial charge in [-0.2, -0.15) is 0 Å². The summed E-state index contributed by atoms with van der Waals surface area (Å²) in [6.45, 7) is 7.28. The second-order valence-electron chi connectivity index (χ2n) is 10.9. The highest BCUT2D eigenvalue weighted by Crippen LogP contribution is 2.52. The summed E-state index contributed by atoms with van der Waals surface area (Å²) in [5.74, 6) is -0.654. The van der Waals surface area contributed by atoms with Gasteiger partial charge in [-0.15, -0.1) is 0 Å². The predicted molar refractivity (Wildman–Crippen MR) is 134 cm³/mol. The highest BCUT2D eigenvalue weighted by Gasteiger charge is 2.50. The van der Waals surface area contributed by atoms with Crippen molar-refractivity contribution in [3.63, 3.8) is 0 Å². The average Bonchev–Trinajstić information content (AvgIpc) is 3.05. The molecular formula is C28H29ClN2O3. The Morgan fingerprint density at radius 1 is 1.09 bits per heavy atom. The van der Waals surface area contributed by atoms with Gasteiger partial charge in [0.25, 0.3) is 5.91 Å². The van der Waals surface area contributed by atoms with Crippen molar-refractivity contribution in [3.8, 4) is 11.3 Å². The highest BCUT2D eigenvalue weighted by atomic mass is 35.5. The molecule has 6 heteroatoms. The Morgan fingerprint density at radius 2 is 1.82 bits per heavy atom. The van der Waals surface area contributed by atoms with Crippen LogP contribution in [-0.4, -0.2) is 41.0 Å². The topological polar surface area (TPSA) is 59.5 Å². The monoisotopic (exact) mass is 476 g/mol. The highest BCUT2D eigenvalue weighted by molar-refractivity contribution is 6.33. The number of halogens is 1. The lowest BCUT2D eigenvalue weighted by Gasteiger charge is -2.39. The standard InChI is InChI=1S/C28H29ClN2O3/c1-27(2)13-18-14-28(3,16-27)17-31(18)25(32)15-34-26(33)21-12-24(20-9-4-6-10-22(20)29)30-23-11-7-5-8-19(21)23/h4-12,18H,13-17H2,1-3H3/t18-,28+/m1/s1. The molecule has 5 nitrogen and oxygen atoms in total. The molecule has 2 heterocycles. The van der Waals surface area contributed by atoms with Gasteiger partial charge in [0.2, 0.25) is 0 Å². The molecule has 2 fully saturated rings. The van der Waals surface area contributed by atoms with Gasteiger partial charge in [0, 0.05) is 28.6 Å². The summed E-state index contributed by atoms with van der Waals surface area (Å²) in [5.41, 5.74) is 2.72. The maximum absolute atomic E-state index is 13.2. The van der Waals surface area contributed by atoms with Crippen LogP contribution in [0.5, 0.6) is 0 Å². The summed E-state index contributed by atoms with van der Waals surface area (Å²) < 4.78 is 5.57. The van der Waals surface area contributed by atoms with Gasteiger partial charge in [-0.05, 0) is 48.3 Å². The van der Waals surface area contributed by atoms with Crippen LogP contribution >= 0.6 is 11.6 Å². The van der Waals surface area contributed by atoms with Crippen LogP contribution in [0.4, 0.5) is 0 Å².